The second-order valence-corrected chi connectivity index (χ2v) is 9.28. The molecule has 27 heavy (non-hydrogen) atoms. The zero-order valence-corrected chi connectivity index (χ0v) is 16.6. The SMILES string of the molecule is Cc1cc(-n2cccn2)ccc1CN1CCN(S(=O)(=O)N2CCCC2)CC1. The van der Waals surface area contributed by atoms with E-state index in [2.05, 4.69) is 35.1 Å². The third-order valence-corrected chi connectivity index (χ3v) is 7.57. The number of benzene rings is 1. The lowest BCUT2D eigenvalue weighted by Gasteiger charge is -2.36. The Kier molecular flexibility index (Phi) is 5.32. The predicted molar refractivity (Wildman–Crippen MR) is 105 cm³/mol. The lowest BCUT2D eigenvalue weighted by Crippen LogP contribution is -2.52. The number of aromatic nitrogens is 2. The van der Waals surface area contributed by atoms with Crippen LogP contribution in [-0.4, -0.2) is 71.0 Å². The molecule has 1 aromatic heterocycles. The first kappa shape index (κ1) is 18.6. The fraction of sp³-hybridized carbons (Fsp3) is 0.526. The van der Waals surface area contributed by atoms with Crippen LogP contribution in [0.2, 0.25) is 0 Å². The number of piperazine rings is 1. The van der Waals surface area contributed by atoms with Gasteiger partial charge in [-0.3, -0.25) is 4.90 Å². The van der Waals surface area contributed by atoms with Crippen molar-refractivity contribution in [2.45, 2.75) is 26.3 Å². The summed E-state index contributed by atoms with van der Waals surface area (Å²) < 4.78 is 30.5. The second kappa shape index (κ2) is 7.71. The van der Waals surface area contributed by atoms with E-state index in [1.54, 1.807) is 14.8 Å². The zero-order chi connectivity index (χ0) is 18.9. The molecule has 1 aromatic carbocycles. The molecule has 7 nitrogen and oxygen atoms in total. The standard InChI is InChI=1S/C19H27N5O2S/c1-17-15-19(24-10-4-7-20-24)6-5-18(17)16-21-11-13-23(14-12-21)27(25,26)22-8-2-3-9-22/h4-7,10,15H,2-3,8-9,11-14,16H2,1H3. The Morgan fingerprint density at radius 3 is 2.33 bits per heavy atom. The highest BCUT2D eigenvalue weighted by molar-refractivity contribution is 7.86. The first-order valence-electron chi connectivity index (χ1n) is 9.61. The van der Waals surface area contributed by atoms with Crippen LogP contribution in [0.1, 0.15) is 24.0 Å². The highest BCUT2D eigenvalue weighted by Crippen LogP contribution is 2.20. The van der Waals surface area contributed by atoms with Crippen LogP contribution in [0.3, 0.4) is 0 Å². The highest BCUT2D eigenvalue weighted by atomic mass is 32.2. The maximum Gasteiger partial charge on any atom is 0.282 e. The summed E-state index contributed by atoms with van der Waals surface area (Å²) in [5.41, 5.74) is 3.57. The molecule has 2 fully saturated rings. The largest absolute Gasteiger partial charge is 0.296 e. The molecule has 0 spiro atoms. The summed E-state index contributed by atoms with van der Waals surface area (Å²) in [7, 11) is -3.27. The minimum absolute atomic E-state index is 0.573. The molecule has 0 N–H and O–H groups in total. The van der Waals surface area contributed by atoms with Gasteiger partial charge in [-0.25, -0.2) is 4.68 Å². The topological polar surface area (TPSA) is 61.7 Å². The summed E-state index contributed by atoms with van der Waals surface area (Å²) in [6, 6.07) is 8.30. The van der Waals surface area contributed by atoms with Crippen molar-refractivity contribution < 1.29 is 8.42 Å². The van der Waals surface area contributed by atoms with Gasteiger partial charge in [0.2, 0.25) is 0 Å². The van der Waals surface area contributed by atoms with Crippen LogP contribution in [0.4, 0.5) is 0 Å². The van der Waals surface area contributed by atoms with Crippen LogP contribution >= 0.6 is 0 Å². The number of nitrogens with zero attached hydrogens (tertiary/aromatic N) is 5. The lowest BCUT2D eigenvalue weighted by molar-refractivity contribution is 0.176. The summed E-state index contributed by atoms with van der Waals surface area (Å²) >= 11 is 0. The summed E-state index contributed by atoms with van der Waals surface area (Å²) in [4.78, 5) is 2.34. The molecule has 0 unspecified atom stereocenters. The van der Waals surface area contributed by atoms with Crippen LogP contribution in [0, 0.1) is 6.92 Å². The molecule has 0 atom stereocenters. The fourth-order valence-electron chi connectivity index (χ4n) is 3.86. The molecular formula is C19H27N5O2S. The van der Waals surface area contributed by atoms with Crippen molar-refractivity contribution in [3.63, 3.8) is 0 Å². The maximum atomic E-state index is 12.7. The Balaban J connectivity index is 1.37. The molecule has 0 aliphatic carbocycles. The van der Waals surface area contributed by atoms with Crippen molar-refractivity contribution in [1.29, 1.82) is 0 Å². The smallest absolute Gasteiger partial charge is 0.282 e. The Labute approximate surface area is 161 Å². The molecule has 0 radical (unpaired) electrons. The van der Waals surface area contributed by atoms with Gasteiger partial charge in [0.1, 0.15) is 0 Å². The van der Waals surface area contributed by atoms with E-state index in [9.17, 15) is 8.42 Å². The van der Waals surface area contributed by atoms with Crippen molar-refractivity contribution >= 4 is 10.2 Å². The third-order valence-electron chi connectivity index (χ3n) is 5.54. The van der Waals surface area contributed by atoms with Gasteiger partial charge in [0.15, 0.2) is 0 Å². The van der Waals surface area contributed by atoms with Crippen LogP contribution in [0.25, 0.3) is 5.69 Å². The van der Waals surface area contributed by atoms with Crippen LogP contribution in [0.15, 0.2) is 36.7 Å². The van der Waals surface area contributed by atoms with Gasteiger partial charge >= 0.3 is 0 Å². The molecule has 2 aliphatic heterocycles. The molecule has 0 saturated carbocycles. The van der Waals surface area contributed by atoms with E-state index in [1.807, 2.05) is 16.9 Å². The van der Waals surface area contributed by atoms with E-state index in [0.717, 1.165) is 38.2 Å². The van der Waals surface area contributed by atoms with Crippen molar-refractivity contribution in [2.75, 3.05) is 39.3 Å². The van der Waals surface area contributed by atoms with Crippen molar-refractivity contribution in [3.05, 3.63) is 47.8 Å². The molecule has 2 aromatic rings. The van der Waals surface area contributed by atoms with Crippen LogP contribution in [-0.2, 0) is 16.8 Å². The van der Waals surface area contributed by atoms with Gasteiger partial charge in [-0.15, -0.1) is 0 Å². The summed E-state index contributed by atoms with van der Waals surface area (Å²) in [5, 5.41) is 4.28. The molecule has 3 heterocycles. The van der Waals surface area contributed by atoms with Gasteiger partial charge in [0, 0.05) is 58.2 Å². The van der Waals surface area contributed by atoms with Gasteiger partial charge in [-0.2, -0.15) is 22.1 Å². The summed E-state index contributed by atoms with van der Waals surface area (Å²) in [6.45, 7) is 7.00. The highest BCUT2D eigenvalue weighted by Gasteiger charge is 2.33. The average molecular weight is 390 g/mol. The minimum atomic E-state index is -3.27. The number of hydrogen-bond donors (Lipinski definition) is 0. The van der Waals surface area contributed by atoms with E-state index in [0.29, 0.717) is 26.2 Å². The third kappa shape index (κ3) is 3.94. The van der Waals surface area contributed by atoms with E-state index in [-0.39, 0.29) is 0 Å². The molecule has 2 aliphatic rings. The van der Waals surface area contributed by atoms with Gasteiger partial charge < -0.3 is 0 Å². The average Bonchev–Trinajstić information content (AvgIpc) is 3.38. The van der Waals surface area contributed by atoms with E-state index in [4.69, 9.17) is 0 Å². The Morgan fingerprint density at radius 1 is 1.00 bits per heavy atom. The normalized spacial score (nSPS) is 20.3. The lowest BCUT2D eigenvalue weighted by atomic mass is 10.1. The fourth-order valence-corrected chi connectivity index (χ4v) is 5.53. The number of aryl methyl sites for hydroxylation is 1. The van der Waals surface area contributed by atoms with E-state index < -0.39 is 10.2 Å². The van der Waals surface area contributed by atoms with Crippen molar-refractivity contribution in [1.82, 2.24) is 23.3 Å². The molecule has 0 bridgehead atoms. The Morgan fingerprint density at radius 2 is 1.70 bits per heavy atom. The molecule has 146 valence electrons. The van der Waals surface area contributed by atoms with Gasteiger partial charge in [0.05, 0.1) is 5.69 Å². The molecule has 4 rings (SSSR count). The van der Waals surface area contributed by atoms with Gasteiger partial charge in [-0.1, -0.05) is 6.07 Å². The molecule has 0 amide bonds. The monoisotopic (exact) mass is 389 g/mol. The number of rotatable bonds is 5. The first-order valence-corrected chi connectivity index (χ1v) is 11.0. The van der Waals surface area contributed by atoms with Gasteiger partial charge in [-0.05, 0) is 49.1 Å². The van der Waals surface area contributed by atoms with Crippen LogP contribution in [0.5, 0.6) is 0 Å². The molecule has 2 saturated heterocycles. The van der Waals surface area contributed by atoms with E-state index >= 15 is 0 Å². The van der Waals surface area contributed by atoms with Crippen molar-refractivity contribution in [3.8, 4) is 5.69 Å². The quantitative estimate of drug-likeness (QED) is 0.780. The summed E-state index contributed by atoms with van der Waals surface area (Å²) in [6.07, 6.45) is 5.67. The zero-order valence-electron chi connectivity index (χ0n) is 15.8. The first-order chi connectivity index (χ1) is 13.0. The maximum absolute atomic E-state index is 12.7. The molecule has 8 heteroatoms. The molecular weight excluding hydrogens is 362 g/mol. The minimum Gasteiger partial charge on any atom is -0.296 e. The number of hydrogen-bond acceptors (Lipinski definition) is 4. The van der Waals surface area contributed by atoms with Crippen LogP contribution < -0.4 is 0 Å². The second-order valence-electron chi connectivity index (χ2n) is 7.35. The Hall–Kier alpha value is -1.74. The van der Waals surface area contributed by atoms with E-state index in [1.165, 1.54) is 11.1 Å². The Bertz CT molecular complexity index is 868. The summed E-state index contributed by atoms with van der Waals surface area (Å²) in [5.74, 6) is 0. The predicted octanol–water partition coefficient (Wildman–Crippen LogP) is 1.64. The van der Waals surface area contributed by atoms with Gasteiger partial charge in [0.25, 0.3) is 10.2 Å². The van der Waals surface area contributed by atoms with Crippen molar-refractivity contribution in [2.24, 2.45) is 0 Å².